The summed E-state index contributed by atoms with van der Waals surface area (Å²) in [4.78, 5) is 25.6. The minimum Gasteiger partial charge on any atom is -0.464 e. The number of ether oxygens (including phenoxy) is 2. The first kappa shape index (κ1) is 25.1. The number of carbonyl (C=O) groups is 2. The maximum absolute atomic E-state index is 13.4. The molecule has 1 atom stereocenters. The maximum Gasteiger partial charge on any atom is 0.354 e. The van der Waals surface area contributed by atoms with E-state index >= 15 is 0 Å². The van der Waals surface area contributed by atoms with Gasteiger partial charge in [-0.05, 0) is 63.4 Å². The molecule has 0 radical (unpaired) electrons. The van der Waals surface area contributed by atoms with Crippen LogP contribution < -0.4 is 0 Å². The van der Waals surface area contributed by atoms with E-state index in [-0.39, 0.29) is 23.2 Å². The Morgan fingerprint density at radius 2 is 1.91 bits per heavy atom. The summed E-state index contributed by atoms with van der Waals surface area (Å²) in [7, 11) is -2.83. The van der Waals surface area contributed by atoms with Crippen LogP contribution in [0.15, 0.2) is 29.2 Å². The van der Waals surface area contributed by atoms with Gasteiger partial charge >= 0.3 is 5.97 Å². The van der Waals surface area contributed by atoms with E-state index in [9.17, 15) is 22.4 Å². The van der Waals surface area contributed by atoms with Gasteiger partial charge in [-0.15, -0.1) is 0 Å². The van der Waals surface area contributed by atoms with Gasteiger partial charge in [0.2, 0.25) is 10.0 Å². The van der Waals surface area contributed by atoms with Gasteiger partial charge in [0, 0.05) is 31.0 Å². The van der Waals surface area contributed by atoms with Crippen molar-refractivity contribution >= 4 is 21.8 Å². The molecule has 3 rings (SSSR count). The highest BCUT2D eigenvalue weighted by Gasteiger charge is 2.33. The van der Waals surface area contributed by atoms with Crippen LogP contribution in [-0.4, -0.2) is 62.0 Å². The maximum atomic E-state index is 13.4. The van der Waals surface area contributed by atoms with E-state index < -0.39 is 34.1 Å². The van der Waals surface area contributed by atoms with E-state index in [0.717, 1.165) is 22.9 Å². The zero-order valence-electron chi connectivity index (χ0n) is 19.3. The van der Waals surface area contributed by atoms with E-state index in [1.165, 1.54) is 19.2 Å². The zero-order valence-corrected chi connectivity index (χ0v) is 20.1. The van der Waals surface area contributed by atoms with E-state index in [1.807, 2.05) is 6.92 Å². The molecule has 1 aliphatic rings. The molecule has 0 amide bonds. The van der Waals surface area contributed by atoms with Crippen molar-refractivity contribution in [2.75, 3.05) is 26.8 Å². The Balaban J connectivity index is 1.99. The van der Waals surface area contributed by atoms with Crippen molar-refractivity contribution < 1.29 is 31.9 Å². The lowest BCUT2D eigenvalue weighted by molar-refractivity contribution is 0.0587. The predicted molar refractivity (Wildman–Crippen MR) is 119 cm³/mol. The molecule has 0 spiro atoms. The molecule has 1 saturated heterocycles. The number of hydrogen-bond donors (Lipinski definition) is 0. The Morgan fingerprint density at radius 1 is 1.24 bits per heavy atom. The monoisotopic (exact) mass is 480 g/mol. The molecule has 1 aromatic heterocycles. The van der Waals surface area contributed by atoms with Crippen LogP contribution in [-0.2, 0) is 26.0 Å². The van der Waals surface area contributed by atoms with Gasteiger partial charge in [0.15, 0.2) is 5.78 Å². The summed E-state index contributed by atoms with van der Waals surface area (Å²) < 4.78 is 53.4. The number of methoxy groups -OCH3 is 1. The molecule has 1 aromatic carbocycles. The van der Waals surface area contributed by atoms with Crippen molar-refractivity contribution in [3.8, 4) is 0 Å². The average Bonchev–Trinajstić information content (AvgIpc) is 3.38. The summed E-state index contributed by atoms with van der Waals surface area (Å²) in [6.45, 7) is 5.75. The number of carbonyl (C=O) groups excluding carboxylic acids is 2. The van der Waals surface area contributed by atoms with Crippen molar-refractivity contribution in [2.45, 2.75) is 51.2 Å². The molecule has 0 saturated carbocycles. The first-order valence-corrected chi connectivity index (χ1v) is 12.2. The summed E-state index contributed by atoms with van der Waals surface area (Å²) in [5.74, 6) is -1.56. The van der Waals surface area contributed by atoms with Crippen LogP contribution in [0.2, 0.25) is 0 Å². The minimum atomic E-state index is -4.10. The first-order valence-electron chi connectivity index (χ1n) is 10.8. The Kier molecular flexibility index (Phi) is 7.71. The highest BCUT2D eigenvalue weighted by atomic mass is 32.2. The van der Waals surface area contributed by atoms with E-state index in [4.69, 9.17) is 9.47 Å². The van der Waals surface area contributed by atoms with Gasteiger partial charge in [0.05, 0.1) is 24.7 Å². The molecule has 1 aliphatic heterocycles. The van der Waals surface area contributed by atoms with Gasteiger partial charge in [0.1, 0.15) is 11.5 Å². The lowest BCUT2D eigenvalue weighted by atomic mass is 10.1. The van der Waals surface area contributed by atoms with Crippen LogP contribution in [0.25, 0.3) is 0 Å². The Morgan fingerprint density at radius 3 is 2.45 bits per heavy atom. The Hall–Kier alpha value is -2.56. The van der Waals surface area contributed by atoms with Crippen LogP contribution in [0, 0.1) is 19.7 Å². The molecule has 2 heterocycles. The van der Waals surface area contributed by atoms with Crippen LogP contribution in [0.5, 0.6) is 0 Å². The summed E-state index contributed by atoms with van der Waals surface area (Å²) in [5, 5.41) is 0. The minimum absolute atomic E-state index is 0.00188. The van der Waals surface area contributed by atoms with Crippen LogP contribution in [0.1, 0.15) is 51.9 Å². The van der Waals surface area contributed by atoms with Crippen molar-refractivity contribution in [1.82, 2.24) is 8.87 Å². The highest BCUT2D eigenvalue weighted by molar-refractivity contribution is 7.89. The van der Waals surface area contributed by atoms with E-state index in [0.29, 0.717) is 36.4 Å². The van der Waals surface area contributed by atoms with Crippen molar-refractivity contribution in [3.63, 3.8) is 0 Å². The topological polar surface area (TPSA) is 94.9 Å². The number of nitrogens with zero attached hydrogens (tertiary/aromatic N) is 2. The lowest BCUT2D eigenvalue weighted by Crippen LogP contribution is -2.41. The number of esters is 1. The number of halogens is 1. The van der Waals surface area contributed by atoms with E-state index in [1.54, 1.807) is 18.4 Å². The molecule has 180 valence electrons. The van der Waals surface area contributed by atoms with Crippen LogP contribution in [0.4, 0.5) is 4.39 Å². The number of sulfonamides is 1. The number of benzene rings is 1. The van der Waals surface area contributed by atoms with E-state index in [2.05, 4.69) is 0 Å². The second-order valence-electron chi connectivity index (χ2n) is 7.98. The van der Waals surface area contributed by atoms with Crippen molar-refractivity contribution in [3.05, 3.63) is 52.6 Å². The molecular weight excluding hydrogens is 451 g/mol. The standard InChI is InChI=1S/C23H29FN2O6S/c1-5-26-16(3)21(15(2)22(26)23(28)31-4)20(27)14-25(13-18-7-6-12-32-18)33(29,30)19-10-8-17(24)9-11-19/h8-11,18H,5-7,12-14H2,1-4H3/t18-/m1/s1. The molecule has 8 nitrogen and oxygen atoms in total. The largest absolute Gasteiger partial charge is 0.464 e. The Labute approximate surface area is 193 Å². The summed E-state index contributed by atoms with van der Waals surface area (Å²) >= 11 is 0. The van der Waals surface area contributed by atoms with Gasteiger partial charge in [-0.1, -0.05) is 0 Å². The molecule has 0 unspecified atom stereocenters. The fourth-order valence-electron chi connectivity index (χ4n) is 4.32. The van der Waals surface area contributed by atoms with Crippen LogP contribution in [0.3, 0.4) is 0 Å². The molecular formula is C23H29FN2O6S. The van der Waals surface area contributed by atoms with Gasteiger partial charge in [-0.2, -0.15) is 4.31 Å². The first-order chi connectivity index (χ1) is 15.6. The Bertz CT molecular complexity index is 1130. The summed E-state index contributed by atoms with van der Waals surface area (Å²) in [5.41, 5.74) is 1.58. The fourth-order valence-corrected chi connectivity index (χ4v) is 5.75. The van der Waals surface area contributed by atoms with Gasteiger partial charge in [-0.25, -0.2) is 17.6 Å². The molecule has 33 heavy (non-hydrogen) atoms. The number of rotatable bonds is 9. The molecule has 0 aliphatic carbocycles. The molecule has 2 aromatic rings. The average molecular weight is 481 g/mol. The third kappa shape index (κ3) is 5.02. The molecule has 1 fully saturated rings. The zero-order chi connectivity index (χ0) is 24.3. The number of ketones is 1. The molecule has 0 N–H and O–H groups in total. The third-order valence-electron chi connectivity index (χ3n) is 5.94. The van der Waals surface area contributed by atoms with Crippen molar-refractivity contribution in [2.24, 2.45) is 0 Å². The third-order valence-corrected chi connectivity index (χ3v) is 7.77. The van der Waals surface area contributed by atoms with Crippen LogP contribution >= 0.6 is 0 Å². The molecule has 0 bridgehead atoms. The highest BCUT2D eigenvalue weighted by Crippen LogP contribution is 2.26. The van der Waals surface area contributed by atoms with Crippen molar-refractivity contribution in [1.29, 1.82) is 0 Å². The smallest absolute Gasteiger partial charge is 0.354 e. The predicted octanol–water partition coefficient (Wildman–Crippen LogP) is 3.10. The second kappa shape index (κ2) is 10.1. The second-order valence-corrected chi connectivity index (χ2v) is 9.92. The summed E-state index contributed by atoms with van der Waals surface area (Å²) in [6.07, 6.45) is 1.16. The lowest BCUT2D eigenvalue weighted by Gasteiger charge is -2.24. The fraction of sp³-hybridized carbons (Fsp3) is 0.478. The number of aromatic nitrogens is 1. The number of Topliss-reactive ketones (excluding diaryl/α,β-unsaturated/α-hetero) is 1. The van der Waals surface area contributed by atoms with Gasteiger partial charge < -0.3 is 14.0 Å². The molecule has 10 heteroatoms. The summed E-state index contributed by atoms with van der Waals surface area (Å²) in [6, 6.07) is 4.49. The normalized spacial score (nSPS) is 16.4. The quantitative estimate of drug-likeness (QED) is 0.404. The number of hydrogen-bond acceptors (Lipinski definition) is 6. The van der Waals surface area contributed by atoms with Gasteiger partial charge in [-0.3, -0.25) is 4.79 Å². The van der Waals surface area contributed by atoms with Gasteiger partial charge in [0.25, 0.3) is 0 Å². The SMILES string of the molecule is CCn1c(C)c(C(=O)CN(C[C@H]2CCCO2)S(=O)(=O)c2ccc(F)cc2)c(C)c1C(=O)OC.